The summed E-state index contributed by atoms with van der Waals surface area (Å²) in [6.45, 7) is 0. The SMILES string of the molecule is COc1ccc(S(=O)(=O)N(C)c2ccc(OC(=O)C[C@H]3OC(=O)c4ccccc43)cc2)cc1. The van der Waals surface area contributed by atoms with Crippen molar-refractivity contribution in [3.05, 3.63) is 83.9 Å². The Kier molecular flexibility index (Phi) is 6.06. The molecular formula is C24H21NO7S. The molecule has 8 nitrogen and oxygen atoms in total. The lowest BCUT2D eigenvalue weighted by Gasteiger charge is -2.20. The fraction of sp³-hybridized carbons (Fsp3) is 0.167. The molecule has 0 saturated carbocycles. The summed E-state index contributed by atoms with van der Waals surface area (Å²) in [5.74, 6) is -0.236. The van der Waals surface area contributed by atoms with E-state index in [1.54, 1.807) is 36.4 Å². The highest BCUT2D eigenvalue weighted by Crippen LogP contribution is 2.33. The maximum atomic E-state index is 12.9. The van der Waals surface area contributed by atoms with Gasteiger partial charge in [-0.25, -0.2) is 13.2 Å². The predicted molar refractivity (Wildman–Crippen MR) is 120 cm³/mol. The van der Waals surface area contributed by atoms with E-state index in [0.29, 0.717) is 22.6 Å². The molecular weight excluding hydrogens is 446 g/mol. The Hall–Kier alpha value is -3.85. The first-order valence-electron chi connectivity index (χ1n) is 10.0. The van der Waals surface area contributed by atoms with E-state index in [1.807, 2.05) is 0 Å². The summed E-state index contributed by atoms with van der Waals surface area (Å²) in [5, 5.41) is 0. The highest BCUT2D eigenvalue weighted by atomic mass is 32.2. The summed E-state index contributed by atoms with van der Waals surface area (Å²) in [7, 11) is -0.841. The number of fused-ring (bicyclic) bond motifs is 1. The summed E-state index contributed by atoms with van der Waals surface area (Å²) < 4.78 is 42.6. The Morgan fingerprint density at radius 3 is 2.27 bits per heavy atom. The van der Waals surface area contributed by atoms with Crippen molar-refractivity contribution in [2.24, 2.45) is 0 Å². The number of carbonyl (C=O) groups is 2. The number of cyclic esters (lactones) is 1. The van der Waals surface area contributed by atoms with E-state index in [4.69, 9.17) is 14.2 Å². The Bertz CT molecular complexity index is 1290. The second kappa shape index (κ2) is 8.95. The van der Waals surface area contributed by atoms with Crippen molar-refractivity contribution in [2.75, 3.05) is 18.5 Å². The number of hydrogen-bond donors (Lipinski definition) is 0. The number of anilines is 1. The van der Waals surface area contributed by atoms with Crippen LogP contribution in [0.25, 0.3) is 0 Å². The molecule has 0 radical (unpaired) electrons. The van der Waals surface area contributed by atoms with E-state index >= 15 is 0 Å². The number of esters is 2. The van der Waals surface area contributed by atoms with Crippen LogP contribution in [0.1, 0.15) is 28.4 Å². The number of sulfonamides is 1. The van der Waals surface area contributed by atoms with Gasteiger partial charge in [-0.15, -0.1) is 0 Å². The molecule has 3 aromatic carbocycles. The zero-order valence-electron chi connectivity index (χ0n) is 17.9. The summed E-state index contributed by atoms with van der Waals surface area (Å²) >= 11 is 0. The van der Waals surface area contributed by atoms with Crippen LogP contribution in [0.2, 0.25) is 0 Å². The normalized spacial score (nSPS) is 14.8. The lowest BCUT2D eigenvalue weighted by Crippen LogP contribution is -2.26. The Morgan fingerprint density at radius 1 is 0.970 bits per heavy atom. The number of carbonyl (C=O) groups excluding carboxylic acids is 2. The molecule has 0 aliphatic carbocycles. The second-order valence-corrected chi connectivity index (χ2v) is 9.27. The van der Waals surface area contributed by atoms with Gasteiger partial charge in [-0.3, -0.25) is 9.10 Å². The molecule has 9 heteroatoms. The maximum Gasteiger partial charge on any atom is 0.339 e. The number of nitrogens with zero attached hydrogens (tertiary/aromatic N) is 1. The topological polar surface area (TPSA) is 99.2 Å². The van der Waals surface area contributed by atoms with E-state index in [1.165, 1.54) is 50.6 Å². The average Bonchev–Trinajstić information content (AvgIpc) is 3.14. The molecule has 1 heterocycles. The highest BCUT2D eigenvalue weighted by Gasteiger charge is 2.32. The van der Waals surface area contributed by atoms with Crippen LogP contribution >= 0.6 is 0 Å². The first-order chi connectivity index (χ1) is 15.8. The Labute approximate surface area is 191 Å². The van der Waals surface area contributed by atoms with Crippen molar-refractivity contribution in [3.63, 3.8) is 0 Å². The molecule has 0 spiro atoms. The van der Waals surface area contributed by atoms with Crippen LogP contribution in [0, 0.1) is 0 Å². The van der Waals surface area contributed by atoms with Crippen LogP contribution in [-0.4, -0.2) is 34.5 Å². The molecule has 0 bridgehead atoms. The van der Waals surface area contributed by atoms with Gasteiger partial charge >= 0.3 is 11.9 Å². The van der Waals surface area contributed by atoms with Gasteiger partial charge in [0.1, 0.15) is 17.6 Å². The number of rotatable bonds is 7. The lowest BCUT2D eigenvalue weighted by atomic mass is 10.0. The van der Waals surface area contributed by atoms with Crippen molar-refractivity contribution in [1.29, 1.82) is 0 Å². The molecule has 0 aromatic heterocycles. The van der Waals surface area contributed by atoms with Gasteiger partial charge in [0, 0.05) is 12.6 Å². The summed E-state index contributed by atoms with van der Waals surface area (Å²) in [4.78, 5) is 24.4. The summed E-state index contributed by atoms with van der Waals surface area (Å²) in [5.41, 5.74) is 1.49. The zero-order valence-corrected chi connectivity index (χ0v) is 18.7. The van der Waals surface area contributed by atoms with Crippen molar-refractivity contribution < 1.29 is 32.2 Å². The van der Waals surface area contributed by atoms with Gasteiger partial charge in [0.2, 0.25) is 0 Å². The van der Waals surface area contributed by atoms with E-state index in [9.17, 15) is 18.0 Å². The van der Waals surface area contributed by atoms with Gasteiger partial charge < -0.3 is 14.2 Å². The van der Waals surface area contributed by atoms with Gasteiger partial charge in [0.25, 0.3) is 10.0 Å². The van der Waals surface area contributed by atoms with Crippen molar-refractivity contribution in [2.45, 2.75) is 17.4 Å². The summed E-state index contributed by atoms with van der Waals surface area (Å²) in [6, 6.07) is 19.1. The molecule has 0 fully saturated rings. The van der Waals surface area contributed by atoms with E-state index in [2.05, 4.69) is 0 Å². The van der Waals surface area contributed by atoms with Gasteiger partial charge in [0.05, 0.1) is 29.7 Å². The molecule has 0 amide bonds. The lowest BCUT2D eigenvalue weighted by molar-refractivity contribution is -0.136. The van der Waals surface area contributed by atoms with Gasteiger partial charge in [0.15, 0.2) is 0 Å². The number of benzene rings is 3. The minimum absolute atomic E-state index is 0.118. The van der Waals surface area contributed by atoms with Crippen molar-refractivity contribution >= 4 is 27.6 Å². The molecule has 1 aliphatic heterocycles. The quantitative estimate of drug-likeness (QED) is 0.386. The predicted octanol–water partition coefficient (Wildman–Crippen LogP) is 3.73. The monoisotopic (exact) mass is 467 g/mol. The number of hydrogen-bond acceptors (Lipinski definition) is 7. The van der Waals surface area contributed by atoms with Crippen molar-refractivity contribution in [3.8, 4) is 11.5 Å². The van der Waals surface area contributed by atoms with Crippen LogP contribution in [0.15, 0.2) is 77.7 Å². The highest BCUT2D eigenvalue weighted by molar-refractivity contribution is 7.92. The minimum Gasteiger partial charge on any atom is -0.497 e. The molecule has 1 aliphatic rings. The smallest absolute Gasteiger partial charge is 0.339 e. The summed E-state index contributed by atoms with van der Waals surface area (Å²) in [6.07, 6.45) is -0.822. The fourth-order valence-electron chi connectivity index (χ4n) is 3.46. The van der Waals surface area contributed by atoms with Gasteiger partial charge in [-0.05, 0) is 54.6 Å². The molecule has 170 valence electrons. The van der Waals surface area contributed by atoms with E-state index < -0.39 is 28.1 Å². The van der Waals surface area contributed by atoms with Gasteiger partial charge in [-0.2, -0.15) is 0 Å². The third kappa shape index (κ3) is 4.54. The maximum absolute atomic E-state index is 12.9. The number of methoxy groups -OCH3 is 1. The molecule has 33 heavy (non-hydrogen) atoms. The van der Waals surface area contributed by atoms with Crippen LogP contribution in [0.3, 0.4) is 0 Å². The first-order valence-corrected chi connectivity index (χ1v) is 11.5. The second-order valence-electron chi connectivity index (χ2n) is 7.30. The minimum atomic E-state index is -3.78. The largest absolute Gasteiger partial charge is 0.497 e. The fourth-order valence-corrected chi connectivity index (χ4v) is 4.66. The molecule has 0 unspecified atom stereocenters. The standard InChI is InChI=1S/C24H21NO7S/c1-25(33(28,29)19-13-11-17(30-2)12-14-19)16-7-9-18(10-8-16)31-23(26)15-22-20-5-3-4-6-21(20)24(27)32-22/h3-14,22H,15H2,1-2H3/t22-/m1/s1. The van der Waals surface area contributed by atoms with E-state index in [-0.39, 0.29) is 17.1 Å². The van der Waals surface area contributed by atoms with Crippen LogP contribution in [0.4, 0.5) is 5.69 Å². The zero-order chi connectivity index (χ0) is 23.6. The molecule has 1 atom stereocenters. The molecule has 0 N–H and O–H groups in total. The Balaban J connectivity index is 1.42. The third-order valence-corrected chi connectivity index (χ3v) is 7.08. The Morgan fingerprint density at radius 2 is 1.61 bits per heavy atom. The molecule has 3 aromatic rings. The van der Waals surface area contributed by atoms with Crippen LogP contribution in [-0.2, 0) is 19.6 Å². The third-order valence-electron chi connectivity index (χ3n) is 5.28. The van der Waals surface area contributed by atoms with Gasteiger partial charge in [-0.1, -0.05) is 18.2 Å². The first kappa shape index (κ1) is 22.3. The van der Waals surface area contributed by atoms with E-state index in [0.717, 1.165) is 4.31 Å². The van der Waals surface area contributed by atoms with Crippen LogP contribution in [0.5, 0.6) is 11.5 Å². The average molecular weight is 467 g/mol. The van der Waals surface area contributed by atoms with Crippen molar-refractivity contribution in [1.82, 2.24) is 0 Å². The number of ether oxygens (including phenoxy) is 3. The molecule has 4 rings (SSSR count). The van der Waals surface area contributed by atoms with Crippen LogP contribution < -0.4 is 13.8 Å². The molecule has 0 saturated heterocycles.